The van der Waals surface area contributed by atoms with E-state index in [4.69, 9.17) is 10.00 Å². The zero-order valence-corrected chi connectivity index (χ0v) is 13.6. The topological polar surface area (TPSA) is 96.3 Å². The third kappa shape index (κ3) is 6.00. The molecule has 0 atom stereocenters. The summed E-state index contributed by atoms with van der Waals surface area (Å²) < 4.78 is 31.4. The average Bonchev–Trinajstić information content (AvgIpc) is 2.54. The fraction of sp³-hybridized carbons (Fsp3) is 0.500. The number of rotatable bonds is 6. The first-order chi connectivity index (χ1) is 11.0. The molecule has 7 heteroatoms. The number of nitrogens with zero attached hydrogens (tertiary/aromatic N) is 1. The molecule has 0 heterocycles. The van der Waals surface area contributed by atoms with E-state index in [1.54, 1.807) is 24.3 Å². The number of nitriles is 1. The summed E-state index contributed by atoms with van der Waals surface area (Å²) >= 11 is 0. The van der Waals surface area contributed by atoms with E-state index in [0.717, 1.165) is 25.7 Å². The molecule has 1 fully saturated rings. The van der Waals surface area contributed by atoms with Crippen LogP contribution in [0.25, 0.3) is 0 Å². The maximum Gasteiger partial charge on any atom is 0.259 e. The van der Waals surface area contributed by atoms with Crippen LogP contribution >= 0.6 is 0 Å². The van der Waals surface area contributed by atoms with Gasteiger partial charge >= 0.3 is 0 Å². The highest BCUT2D eigenvalue weighted by molar-refractivity contribution is 7.89. The molecule has 0 aromatic heterocycles. The Labute approximate surface area is 136 Å². The zero-order chi connectivity index (χ0) is 16.7. The van der Waals surface area contributed by atoms with Crippen molar-refractivity contribution in [1.29, 1.82) is 5.26 Å². The smallest absolute Gasteiger partial charge is 0.259 e. The first kappa shape index (κ1) is 17.4. The first-order valence-electron chi connectivity index (χ1n) is 7.62. The molecule has 0 aliphatic heterocycles. The second-order valence-electron chi connectivity index (χ2n) is 5.66. The van der Waals surface area contributed by atoms with Crippen molar-refractivity contribution >= 4 is 15.9 Å². The van der Waals surface area contributed by atoms with Gasteiger partial charge in [-0.1, -0.05) is 31.4 Å². The van der Waals surface area contributed by atoms with Crippen LogP contribution in [0.1, 0.15) is 43.2 Å². The van der Waals surface area contributed by atoms with Crippen LogP contribution < -0.4 is 4.72 Å². The van der Waals surface area contributed by atoms with Gasteiger partial charge in [-0.15, -0.1) is 0 Å². The third-order valence-electron chi connectivity index (χ3n) is 3.71. The van der Waals surface area contributed by atoms with E-state index >= 15 is 0 Å². The predicted molar refractivity (Wildman–Crippen MR) is 84.7 cm³/mol. The number of carbonyl (C=O) groups excluding carboxylic acids is 1. The van der Waals surface area contributed by atoms with Crippen molar-refractivity contribution < 1.29 is 17.9 Å². The van der Waals surface area contributed by atoms with Gasteiger partial charge in [0, 0.05) is 0 Å². The molecule has 1 saturated carbocycles. The Kier molecular flexibility index (Phi) is 6.13. The van der Waals surface area contributed by atoms with Crippen molar-refractivity contribution in [2.45, 2.75) is 44.0 Å². The number of sulfonamides is 1. The second kappa shape index (κ2) is 8.09. The molecule has 0 spiro atoms. The van der Waals surface area contributed by atoms with E-state index in [-0.39, 0.29) is 18.5 Å². The van der Waals surface area contributed by atoms with Gasteiger partial charge in [-0.25, -0.2) is 8.42 Å². The highest BCUT2D eigenvalue weighted by Gasteiger charge is 2.19. The van der Waals surface area contributed by atoms with Crippen LogP contribution in [0.4, 0.5) is 0 Å². The largest absolute Gasteiger partial charge is 0.368 e. The number of nitrogens with one attached hydrogen (secondary N) is 1. The van der Waals surface area contributed by atoms with E-state index in [1.165, 1.54) is 6.42 Å². The van der Waals surface area contributed by atoms with Gasteiger partial charge in [0.1, 0.15) is 6.61 Å². The standard InChI is InChI=1S/C16H20N2O4S/c17-10-13-6-8-14(9-7-13)12-23(20,21)18-16(19)11-22-15-4-2-1-3-5-15/h6-9,15H,1-5,11-12H2,(H,18,19). The second-order valence-corrected chi connectivity index (χ2v) is 7.39. The molecular formula is C16H20N2O4S. The number of hydrogen-bond donors (Lipinski definition) is 1. The number of carbonyl (C=O) groups is 1. The monoisotopic (exact) mass is 336 g/mol. The minimum absolute atomic E-state index is 0.0516. The molecular weight excluding hydrogens is 316 g/mol. The van der Waals surface area contributed by atoms with Crippen molar-refractivity contribution in [2.75, 3.05) is 6.61 Å². The summed E-state index contributed by atoms with van der Waals surface area (Å²) in [4.78, 5) is 11.7. The van der Waals surface area contributed by atoms with Crippen LogP contribution in [0, 0.1) is 11.3 Å². The number of amides is 1. The van der Waals surface area contributed by atoms with Crippen LogP contribution in [0.2, 0.25) is 0 Å². The van der Waals surface area contributed by atoms with Crippen molar-refractivity contribution in [3.05, 3.63) is 35.4 Å². The van der Waals surface area contributed by atoms with E-state index in [0.29, 0.717) is 11.1 Å². The molecule has 1 aromatic carbocycles. The molecule has 1 amide bonds. The Hall–Kier alpha value is -1.91. The molecule has 1 aliphatic rings. The zero-order valence-electron chi connectivity index (χ0n) is 12.8. The Morgan fingerprint density at radius 2 is 1.87 bits per heavy atom. The fourth-order valence-electron chi connectivity index (χ4n) is 2.56. The molecule has 1 aliphatic carbocycles. The van der Waals surface area contributed by atoms with E-state index < -0.39 is 15.9 Å². The van der Waals surface area contributed by atoms with Crippen LogP contribution in [-0.4, -0.2) is 27.0 Å². The number of ether oxygens (including phenoxy) is 1. The molecule has 124 valence electrons. The Morgan fingerprint density at radius 1 is 1.22 bits per heavy atom. The van der Waals surface area contributed by atoms with Gasteiger partial charge in [0.25, 0.3) is 5.91 Å². The normalized spacial score (nSPS) is 15.8. The molecule has 1 aromatic rings. The van der Waals surface area contributed by atoms with Gasteiger partial charge in [0.15, 0.2) is 0 Å². The summed E-state index contributed by atoms with van der Waals surface area (Å²) in [6.07, 6.45) is 5.25. The average molecular weight is 336 g/mol. The van der Waals surface area contributed by atoms with Gasteiger partial charge in [-0.05, 0) is 30.5 Å². The molecule has 0 unspecified atom stereocenters. The summed E-state index contributed by atoms with van der Waals surface area (Å²) in [5.41, 5.74) is 0.966. The quantitative estimate of drug-likeness (QED) is 0.855. The van der Waals surface area contributed by atoms with E-state index in [1.807, 2.05) is 10.8 Å². The lowest BCUT2D eigenvalue weighted by molar-refractivity contribution is -0.126. The van der Waals surface area contributed by atoms with Crippen LogP contribution in [0.15, 0.2) is 24.3 Å². The lowest BCUT2D eigenvalue weighted by Gasteiger charge is -2.21. The number of benzene rings is 1. The maximum atomic E-state index is 12.0. The maximum absolute atomic E-state index is 12.0. The third-order valence-corrected chi connectivity index (χ3v) is 4.96. The molecule has 0 bridgehead atoms. The Bertz CT molecular complexity index is 671. The van der Waals surface area contributed by atoms with Crippen LogP contribution in [0.5, 0.6) is 0 Å². The first-order valence-corrected chi connectivity index (χ1v) is 9.28. The summed E-state index contributed by atoms with van der Waals surface area (Å²) in [6.45, 7) is -0.239. The molecule has 1 N–H and O–H groups in total. The molecule has 23 heavy (non-hydrogen) atoms. The lowest BCUT2D eigenvalue weighted by atomic mass is 9.98. The van der Waals surface area contributed by atoms with Gasteiger partial charge < -0.3 is 4.74 Å². The van der Waals surface area contributed by atoms with E-state index in [2.05, 4.69) is 0 Å². The summed E-state index contributed by atoms with van der Waals surface area (Å²) in [7, 11) is -3.77. The van der Waals surface area contributed by atoms with Gasteiger partial charge in [0.2, 0.25) is 10.0 Å². The van der Waals surface area contributed by atoms with E-state index in [9.17, 15) is 13.2 Å². The highest BCUT2D eigenvalue weighted by atomic mass is 32.2. The van der Waals surface area contributed by atoms with Crippen molar-refractivity contribution in [2.24, 2.45) is 0 Å². The summed E-state index contributed by atoms with van der Waals surface area (Å²) in [6, 6.07) is 8.16. The predicted octanol–water partition coefficient (Wildman–Crippen LogP) is 1.85. The Balaban J connectivity index is 1.82. The van der Waals surface area contributed by atoms with Crippen LogP contribution in [-0.2, 0) is 25.3 Å². The SMILES string of the molecule is N#Cc1ccc(CS(=O)(=O)NC(=O)COC2CCCCC2)cc1. The molecule has 6 nitrogen and oxygen atoms in total. The minimum Gasteiger partial charge on any atom is -0.368 e. The van der Waals surface area contributed by atoms with Gasteiger partial charge in [-0.2, -0.15) is 5.26 Å². The minimum atomic E-state index is -3.77. The van der Waals surface area contributed by atoms with Crippen molar-refractivity contribution in [3.8, 4) is 6.07 Å². The highest BCUT2D eigenvalue weighted by Crippen LogP contribution is 2.20. The van der Waals surface area contributed by atoms with Crippen LogP contribution in [0.3, 0.4) is 0 Å². The molecule has 2 rings (SSSR count). The van der Waals surface area contributed by atoms with Gasteiger partial charge in [-0.3, -0.25) is 9.52 Å². The Morgan fingerprint density at radius 3 is 2.48 bits per heavy atom. The lowest BCUT2D eigenvalue weighted by Crippen LogP contribution is -2.35. The summed E-state index contributed by atoms with van der Waals surface area (Å²) in [5.74, 6) is -0.961. The summed E-state index contributed by atoms with van der Waals surface area (Å²) in [5, 5.41) is 8.71. The van der Waals surface area contributed by atoms with Crippen molar-refractivity contribution in [3.63, 3.8) is 0 Å². The van der Waals surface area contributed by atoms with Gasteiger partial charge in [0.05, 0.1) is 23.5 Å². The molecule has 0 saturated heterocycles. The fourth-order valence-corrected chi connectivity index (χ4v) is 3.67. The van der Waals surface area contributed by atoms with Crippen molar-refractivity contribution in [1.82, 2.24) is 4.72 Å². The molecule has 0 radical (unpaired) electrons. The number of hydrogen-bond acceptors (Lipinski definition) is 5.